The lowest BCUT2D eigenvalue weighted by Gasteiger charge is -2.52. The van der Waals surface area contributed by atoms with Gasteiger partial charge in [0.05, 0.1) is 30.7 Å². The molecule has 8 nitrogen and oxygen atoms in total. The number of amides is 2. The molecule has 0 radical (unpaired) electrons. The van der Waals surface area contributed by atoms with E-state index in [1.807, 2.05) is 35.2 Å². The van der Waals surface area contributed by atoms with Crippen LogP contribution in [0.1, 0.15) is 61.5 Å². The van der Waals surface area contributed by atoms with Gasteiger partial charge in [-0.3, -0.25) is 14.5 Å². The minimum absolute atomic E-state index is 0.133. The van der Waals surface area contributed by atoms with E-state index in [2.05, 4.69) is 54.9 Å². The number of carboxylic acid groups (broad SMARTS) is 1. The third-order valence-electron chi connectivity index (χ3n) is 10.7. The number of ether oxygens (including phenoxy) is 1. The zero-order chi connectivity index (χ0) is 31.8. The highest BCUT2D eigenvalue weighted by molar-refractivity contribution is 5.90. The molecule has 1 N–H and O–H groups in total. The number of morpholine rings is 1. The van der Waals surface area contributed by atoms with E-state index in [0.717, 1.165) is 30.6 Å². The average Bonchev–Trinajstić information content (AvgIpc) is 3.05. The molecule has 2 amide bonds. The molecule has 2 fully saturated rings. The largest absolute Gasteiger partial charge is 0.478 e. The molecule has 2 aromatic carbocycles. The fourth-order valence-corrected chi connectivity index (χ4v) is 8.23. The lowest BCUT2D eigenvalue weighted by molar-refractivity contribution is -0.144. The first kappa shape index (κ1) is 31.2. The van der Waals surface area contributed by atoms with E-state index < -0.39 is 11.4 Å². The number of allylic oxidation sites excluding steroid dienone is 2. The average molecular weight is 612 g/mol. The van der Waals surface area contributed by atoms with E-state index in [1.165, 1.54) is 11.1 Å². The number of carboxylic acids is 1. The van der Waals surface area contributed by atoms with Gasteiger partial charge in [0.2, 0.25) is 11.8 Å². The predicted molar refractivity (Wildman–Crippen MR) is 174 cm³/mol. The van der Waals surface area contributed by atoms with Crippen LogP contribution >= 0.6 is 0 Å². The fourth-order valence-electron chi connectivity index (χ4n) is 8.23. The highest BCUT2D eigenvalue weighted by Gasteiger charge is 2.50. The molecule has 0 spiro atoms. The van der Waals surface area contributed by atoms with Gasteiger partial charge in [-0.1, -0.05) is 81.0 Å². The number of hydrogen-bond acceptors (Lipinski definition) is 5. The molecule has 0 unspecified atom stereocenters. The van der Waals surface area contributed by atoms with Gasteiger partial charge in [0.15, 0.2) is 0 Å². The Bertz CT molecular complexity index is 1500. The van der Waals surface area contributed by atoms with Crippen molar-refractivity contribution in [1.29, 1.82) is 0 Å². The molecular formula is C37H45N3O5. The van der Waals surface area contributed by atoms with Crippen molar-refractivity contribution in [3.63, 3.8) is 0 Å². The summed E-state index contributed by atoms with van der Waals surface area (Å²) in [5, 5.41) is 9.35. The van der Waals surface area contributed by atoms with Crippen LogP contribution in [-0.4, -0.2) is 96.6 Å². The normalized spacial score (nSPS) is 24.7. The topological polar surface area (TPSA) is 90.4 Å². The van der Waals surface area contributed by atoms with E-state index in [9.17, 15) is 19.5 Å². The highest BCUT2D eigenvalue weighted by atomic mass is 16.5. The lowest BCUT2D eigenvalue weighted by atomic mass is 9.58. The quantitative estimate of drug-likeness (QED) is 0.469. The van der Waals surface area contributed by atoms with Crippen molar-refractivity contribution >= 4 is 23.4 Å². The molecule has 8 heteroatoms. The zero-order valence-electron chi connectivity index (χ0n) is 26.8. The van der Waals surface area contributed by atoms with Gasteiger partial charge in [0.1, 0.15) is 0 Å². The zero-order valence-corrected chi connectivity index (χ0v) is 26.8. The first-order valence-electron chi connectivity index (χ1n) is 16.2. The maximum Gasteiger partial charge on any atom is 0.335 e. The summed E-state index contributed by atoms with van der Waals surface area (Å²) in [6.45, 7) is 12.3. The number of nitrogens with zero attached hydrogens (tertiary/aromatic N) is 3. The molecule has 2 aromatic rings. The molecule has 2 saturated heterocycles. The van der Waals surface area contributed by atoms with Gasteiger partial charge in [-0.05, 0) is 48.1 Å². The van der Waals surface area contributed by atoms with E-state index >= 15 is 0 Å². The minimum atomic E-state index is -0.927. The summed E-state index contributed by atoms with van der Waals surface area (Å²) < 4.78 is 5.44. The molecule has 238 valence electrons. The molecule has 3 aliphatic heterocycles. The first-order valence-corrected chi connectivity index (χ1v) is 16.2. The summed E-state index contributed by atoms with van der Waals surface area (Å²) in [5.74, 6) is -0.639. The Morgan fingerprint density at radius 1 is 0.844 bits per heavy atom. The second-order valence-electron chi connectivity index (χ2n) is 13.9. The van der Waals surface area contributed by atoms with Gasteiger partial charge in [0.25, 0.3) is 0 Å². The Morgan fingerprint density at radius 3 is 2.16 bits per heavy atom. The van der Waals surface area contributed by atoms with Gasteiger partial charge in [-0.15, -0.1) is 0 Å². The van der Waals surface area contributed by atoms with E-state index in [4.69, 9.17) is 4.74 Å². The number of carbonyl (C=O) groups excluding carboxylic acids is 2. The highest BCUT2D eigenvalue weighted by Crippen LogP contribution is 2.55. The van der Waals surface area contributed by atoms with Crippen LogP contribution < -0.4 is 0 Å². The first-order chi connectivity index (χ1) is 21.5. The van der Waals surface area contributed by atoms with Crippen molar-refractivity contribution in [3.8, 4) is 0 Å². The Balaban J connectivity index is 1.21. The molecular weight excluding hydrogens is 566 g/mol. The van der Waals surface area contributed by atoms with Crippen LogP contribution in [0, 0.1) is 10.8 Å². The number of aromatic carboxylic acids is 1. The van der Waals surface area contributed by atoms with Gasteiger partial charge >= 0.3 is 5.97 Å². The maximum atomic E-state index is 14.7. The van der Waals surface area contributed by atoms with Crippen LogP contribution in [0.25, 0.3) is 5.57 Å². The van der Waals surface area contributed by atoms with Crippen LogP contribution in [0.5, 0.6) is 0 Å². The fraction of sp³-hybridized carbons (Fsp3) is 0.486. The summed E-state index contributed by atoms with van der Waals surface area (Å²) >= 11 is 0. The summed E-state index contributed by atoms with van der Waals surface area (Å²) in [6.07, 6.45) is 6.56. The van der Waals surface area contributed by atoms with Gasteiger partial charge < -0.3 is 19.6 Å². The van der Waals surface area contributed by atoms with Crippen LogP contribution in [0.4, 0.5) is 0 Å². The van der Waals surface area contributed by atoms with Crippen LogP contribution in [0.3, 0.4) is 0 Å². The summed E-state index contributed by atoms with van der Waals surface area (Å²) in [4.78, 5) is 45.5. The summed E-state index contributed by atoms with van der Waals surface area (Å²) in [5.41, 5.74) is 3.72. The van der Waals surface area contributed by atoms with Crippen molar-refractivity contribution < 1.29 is 24.2 Å². The van der Waals surface area contributed by atoms with Crippen molar-refractivity contribution in [2.45, 2.75) is 45.4 Å². The smallest absolute Gasteiger partial charge is 0.335 e. The molecule has 3 heterocycles. The van der Waals surface area contributed by atoms with Gasteiger partial charge in [-0.25, -0.2) is 4.79 Å². The number of fused-ring (bicyclic) bond motifs is 1. The SMILES string of the molecule is CC1(C)C(c2ccc(C(=O)O)cc2)=CC[C@]2(C)CN(C(=O)C3(c4ccccc4)CCN(C(=O)CN4CCOCC4)CC3)CC=C12. The van der Waals surface area contributed by atoms with E-state index in [-0.39, 0.29) is 28.2 Å². The number of carbonyl (C=O) groups is 3. The Labute approximate surface area is 266 Å². The molecule has 0 saturated carbocycles. The standard InChI is InChI=1S/C37H45N3O5/c1-35(2)30(27-9-11-28(12-10-27)33(42)43)13-15-36(3)26-40(18-14-31(35)36)34(44)37(29-7-5-4-6-8-29)16-19-39(20-17-37)32(41)25-38-21-23-45-24-22-38/h4-14H,15-26H2,1-3H3,(H,42,43)/t36-/m1/s1. The Morgan fingerprint density at radius 2 is 1.51 bits per heavy atom. The van der Waals surface area contributed by atoms with Crippen molar-refractivity contribution in [3.05, 3.63) is 89.0 Å². The third-order valence-corrected chi connectivity index (χ3v) is 10.7. The molecule has 0 aromatic heterocycles. The monoisotopic (exact) mass is 611 g/mol. The molecule has 45 heavy (non-hydrogen) atoms. The number of likely N-dealkylation sites (tertiary alicyclic amines) is 1. The molecule has 1 aliphatic carbocycles. The predicted octanol–water partition coefficient (Wildman–Crippen LogP) is 4.87. The number of rotatable bonds is 6. The number of hydrogen-bond donors (Lipinski definition) is 1. The molecule has 6 rings (SSSR count). The second-order valence-corrected chi connectivity index (χ2v) is 13.9. The number of benzene rings is 2. The maximum absolute atomic E-state index is 14.7. The van der Waals surface area contributed by atoms with Crippen LogP contribution in [0.2, 0.25) is 0 Å². The van der Waals surface area contributed by atoms with Gasteiger partial charge in [-0.2, -0.15) is 0 Å². The molecule has 4 aliphatic rings. The summed E-state index contributed by atoms with van der Waals surface area (Å²) in [6, 6.07) is 17.3. The van der Waals surface area contributed by atoms with Crippen molar-refractivity contribution in [1.82, 2.24) is 14.7 Å². The van der Waals surface area contributed by atoms with Crippen LogP contribution in [-0.2, 0) is 19.7 Å². The Hall–Kier alpha value is -3.75. The lowest BCUT2D eigenvalue weighted by Crippen LogP contribution is -2.58. The van der Waals surface area contributed by atoms with Crippen molar-refractivity contribution in [2.75, 3.05) is 59.0 Å². The van der Waals surface area contributed by atoms with E-state index in [1.54, 1.807) is 12.1 Å². The van der Waals surface area contributed by atoms with Crippen molar-refractivity contribution in [2.24, 2.45) is 10.8 Å². The van der Waals surface area contributed by atoms with E-state index in [0.29, 0.717) is 58.8 Å². The Kier molecular flexibility index (Phi) is 8.48. The number of piperidine rings is 1. The molecule has 0 bridgehead atoms. The minimum Gasteiger partial charge on any atom is -0.478 e. The third kappa shape index (κ3) is 5.86. The second kappa shape index (κ2) is 12.2. The summed E-state index contributed by atoms with van der Waals surface area (Å²) in [7, 11) is 0. The van der Waals surface area contributed by atoms with Crippen LogP contribution in [0.15, 0.2) is 72.3 Å². The van der Waals surface area contributed by atoms with Gasteiger partial charge in [0, 0.05) is 50.1 Å². The molecule has 1 atom stereocenters.